The Bertz CT molecular complexity index is 999. The van der Waals surface area contributed by atoms with Crippen LogP contribution in [0.5, 0.6) is 0 Å². The van der Waals surface area contributed by atoms with E-state index in [1.54, 1.807) is 0 Å². The molecule has 0 fully saturated rings. The number of nitrogens with one attached hydrogen (secondary N) is 1. The molecule has 4 heteroatoms. The van der Waals surface area contributed by atoms with Gasteiger partial charge in [0.2, 0.25) is 5.91 Å². The third kappa shape index (κ3) is 4.07. The summed E-state index contributed by atoms with van der Waals surface area (Å²) in [6, 6.07) is 16.9. The molecule has 2 aromatic rings. The van der Waals surface area contributed by atoms with Crippen LogP contribution in [0, 0.1) is 0 Å². The van der Waals surface area contributed by atoms with Crippen molar-refractivity contribution < 1.29 is 4.79 Å². The average Bonchev–Trinajstić information content (AvgIpc) is 2.96. The van der Waals surface area contributed by atoms with Crippen molar-refractivity contribution in [2.45, 2.75) is 45.4 Å². The maximum absolute atomic E-state index is 11.7. The number of carbonyl (C=O) groups is 1. The summed E-state index contributed by atoms with van der Waals surface area (Å²) in [6.45, 7) is 4.69. The molecule has 0 radical (unpaired) electrons. The summed E-state index contributed by atoms with van der Waals surface area (Å²) in [5.74, 6) is 1.28. The first-order chi connectivity index (χ1) is 14.2. The number of allylic oxidation sites excluding steroid dienone is 2. The van der Waals surface area contributed by atoms with Crippen molar-refractivity contribution in [3.05, 3.63) is 76.9 Å². The number of carbonyl (C=O) groups excluding carboxylic acids is 1. The highest BCUT2D eigenvalue weighted by Crippen LogP contribution is 2.40. The highest BCUT2D eigenvalue weighted by Gasteiger charge is 2.29. The van der Waals surface area contributed by atoms with Crippen LogP contribution >= 0.6 is 0 Å². The van der Waals surface area contributed by atoms with Gasteiger partial charge in [0.25, 0.3) is 0 Å². The molecule has 148 valence electrons. The van der Waals surface area contributed by atoms with E-state index in [-0.39, 0.29) is 11.8 Å². The molecule has 1 N–H and O–H groups in total. The number of hydrogen-bond donors (Lipinski definition) is 1. The maximum atomic E-state index is 11.7. The molecule has 1 unspecified atom stereocenters. The summed E-state index contributed by atoms with van der Waals surface area (Å²) in [5.41, 5.74) is 7.04. The highest BCUT2D eigenvalue weighted by molar-refractivity contribution is 6.19. The summed E-state index contributed by atoms with van der Waals surface area (Å²) < 4.78 is 0. The second-order valence-electron chi connectivity index (χ2n) is 7.49. The minimum Gasteiger partial charge on any atom is -0.326 e. The van der Waals surface area contributed by atoms with Crippen molar-refractivity contribution in [2.24, 2.45) is 9.98 Å². The number of amides is 1. The van der Waals surface area contributed by atoms with E-state index < -0.39 is 0 Å². The Kier molecular flexibility index (Phi) is 5.70. The molecule has 1 amide bonds. The molecular formula is C25H27N3O. The van der Waals surface area contributed by atoms with Crippen LogP contribution < -0.4 is 5.32 Å². The summed E-state index contributed by atoms with van der Waals surface area (Å²) in [5, 5.41) is 2.93. The molecule has 1 heterocycles. The second-order valence-corrected chi connectivity index (χ2v) is 7.49. The largest absolute Gasteiger partial charge is 0.326 e. The molecule has 1 aliphatic carbocycles. The van der Waals surface area contributed by atoms with Gasteiger partial charge in [-0.05, 0) is 48.6 Å². The zero-order chi connectivity index (χ0) is 20.2. The van der Waals surface area contributed by atoms with E-state index in [1.165, 1.54) is 22.3 Å². The minimum absolute atomic E-state index is 0.0368. The second kappa shape index (κ2) is 8.56. The molecule has 1 atom stereocenters. The molecule has 0 saturated carbocycles. The number of anilines is 1. The quantitative estimate of drug-likeness (QED) is 0.742. The summed E-state index contributed by atoms with van der Waals surface area (Å²) in [7, 11) is 0. The molecule has 2 aliphatic rings. The fraction of sp³-hybridized carbons (Fsp3) is 0.320. The molecule has 0 aromatic heterocycles. The van der Waals surface area contributed by atoms with Gasteiger partial charge in [0.15, 0.2) is 0 Å². The number of benzene rings is 2. The van der Waals surface area contributed by atoms with E-state index in [4.69, 9.17) is 4.99 Å². The minimum atomic E-state index is 0.0368. The lowest BCUT2D eigenvalue weighted by Crippen LogP contribution is -2.20. The van der Waals surface area contributed by atoms with Gasteiger partial charge in [-0.1, -0.05) is 49.4 Å². The van der Waals surface area contributed by atoms with Crippen molar-refractivity contribution in [1.82, 2.24) is 0 Å². The highest BCUT2D eigenvalue weighted by atomic mass is 16.1. The molecule has 2 aromatic carbocycles. The Balaban J connectivity index is 1.72. The molecule has 4 rings (SSSR count). The molecule has 0 spiro atoms. The Hall–Kier alpha value is -3.01. The van der Waals surface area contributed by atoms with Gasteiger partial charge in [-0.25, -0.2) is 4.99 Å². The lowest BCUT2D eigenvalue weighted by molar-refractivity contribution is -0.115. The number of hydrogen-bond acceptors (Lipinski definition) is 2. The Labute approximate surface area is 172 Å². The van der Waals surface area contributed by atoms with E-state index in [2.05, 4.69) is 59.7 Å². The summed E-state index contributed by atoms with van der Waals surface area (Å²) >= 11 is 0. The van der Waals surface area contributed by atoms with E-state index >= 15 is 0 Å². The smallest absolute Gasteiger partial charge is 0.224 e. The fourth-order valence-electron chi connectivity index (χ4n) is 4.13. The predicted octanol–water partition coefficient (Wildman–Crippen LogP) is 5.50. The summed E-state index contributed by atoms with van der Waals surface area (Å²) in [4.78, 5) is 21.2. The van der Waals surface area contributed by atoms with Crippen LogP contribution in [-0.2, 0) is 4.79 Å². The van der Waals surface area contributed by atoms with Crippen LogP contribution in [0.2, 0.25) is 0 Å². The molecular weight excluding hydrogens is 358 g/mol. The average molecular weight is 386 g/mol. The summed E-state index contributed by atoms with van der Waals surface area (Å²) in [6.07, 6.45) is 5.65. The van der Waals surface area contributed by atoms with Crippen LogP contribution in [0.3, 0.4) is 0 Å². The standard InChI is InChI=1S/C25H27N3O/c1-3-24(29)27-19-14-12-17(13-15-19)22-16-18-8-7-11-23(26-4-2)28-25(18)21-10-6-5-9-20(21)22/h5-6,8-10,12-15,22H,3-4,7,11,16H2,1-2H3,(H,27,29). The van der Waals surface area contributed by atoms with E-state index in [9.17, 15) is 4.79 Å². The van der Waals surface area contributed by atoms with Gasteiger partial charge in [-0.2, -0.15) is 0 Å². The van der Waals surface area contributed by atoms with Crippen molar-refractivity contribution in [2.75, 3.05) is 11.9 Å². The molecule has 0 saturated heterocycles. The lowest BCUT2D eigenvalue weighted by atomic mass is 9.75. The first kappa shape index (κ1) is 19.3. The number of fused-ring (bicyclic) bond motifs is 3. The Morgan fingerprint density at radius 2 is 1.93 bits per heavy atom. The van der Waals surface area contributed by atoms with Gasteiger partial charge in [0.1, 0.15) is 5.84 Å². The molecule has 29 heavy (non-hydrogen) atoms. The number of aliphatic imine (C=N–C) groups is 2. The zero-order valence-electron chi connectivity index (χ0n) is 17.1. The molecule has 1 aliphatic heterocycles. The van der Waals surface area contributed by atoms with Crippen LogP contribution in [0.4, 0.5) is 5.69 Å². The van der Waals surface area contributed by atoms with Crippen molar-refractivity contribution in [1.29, 1.82) is 0 Å². The van der Waals surface area contributed by atoms with E-state index in [0.29, 0.717) is 6.42 Å². The van der Waals surface area contributed by atoms with Crippen molar-refractivity contribution in [3.63, 3.8) is 0 Å². The first-order valence-electron chi connectivity index (χ1n) is 10.5. The van der Waals surface area contributed by atoms with E-state index in [0.717, 1.165) is 43.0 Å². The number of nitrogens with zero attached hydrogens (tertiary/aromatic N) is 2. The number of amidine groups is 1. The first-order valence-corrected chi connectivity index (χ1v) is 10.5. The van der Waals surface area contributed by atoms with Crippen molar-refractivity contribution >= 4 is 23.1 Å². The van der Waals surface area contributed by atoms with Gasteiger partial charge < -0.3 is 5.32 Å². The van der Waals surface area contributed by atoms with Crippen molar-refractivity contribution in [3.8, 4) is 0 Å². The van der Waals surface area contributed by atoms with Gasteiger partial charge in [0, 0.05) is 36.6 Å². The van der Waals surface area contributed by atoms with Gasteiger partial charge in [0.05, 0.1) is 5.71 Å². The third-order valence-corrected chi connectivity index (χ3v) is 5.58. The van der Waals surface area contributed by atoms with Crippen LogP contribution in [0.25, 0.3) is 0 Å². The monoisotopic (exact) mass is 385 g/mol. The van der Waals surface area contributed by atoms with Crippen LogP contribution in [0.1, 0.15) is 62.1 Å². The SMILES string of the molecule is CCN=C1CCC=C2CC(c3ccc(NC(=O)CC)cc3)c3ccccc3C2=N1. The normalized spacial score (nSPS) is 19.5. The van der Waals surface area contributed by atoms with Gasteiger partial charge >= 0.3 is 0 Å². The fourth-order valence-corrected chi connectivity index (χ4v) is 4.13. The lowest BCUT2D eigenvalue weighted by Gasteiger charge is -2.29. The topological polar surface area (TPSA) is 53.8 Å². The molecule has 4 nitrogen and oxygen atoms in total. The van der Waals surface area contributed by atoms with E-state index in [1.807, 2.05) is 19.1 Å². The Morgan fingerprint density at radius 1 is 1.14 bits per heavy atom. The van der Waals surface area contributed by atoms with Gasteiger partial charge in [-0.15, -0.1) is 0 Å². The Morgan fingerprint density at radius 3 is 2.69 bits per heavy atom. The van der Waals surface area contributed by atoms with Gasteiger partial charge in [-0.3, -0.25) is 9.79 Å². The predicted molar refractivity (Wildman–Crippen MR) is 120 cm³/mol. The van der Waals surface area contributed by atoms with Crippen LogP contribution in [-0.4, -0.2) is 24.0 Å². The maximum Gasteiger partial charge on any atom is 0.224 e. The number of rotatable bonds is 4. The van der Waals surface area contributed by atoms with Crippen LogP contribution in [0.15, 0.2) is 70.2 Å². The molecule has 0 bridgehead atoms. The third-order valence-electron chi connectivity index (χ3n) is 5.58. The zero-order valence-corrected chi connectivity index (χ0v) is 17.1.